The van der Waals surface area contributed by atoms with Gasteiger partial charge in [-0.3, -0.25) is 9.48 Å². The Balaban J connectivity index is 1.70. The average molecular weight is 352 g/mol. The van der Waals surface area contributed by atoms with E-state index >= 15 is 0 Å². The highest BCUT2D eigenvalue weighted by Gasteiger charge is 2.22. The van der Waals surface area contributed by atoms with Gasteiger partial charge >= 0.3 is 0 Å². The monoisotopic (exact) mass is 352 g/mol. The first kappa shape index (κ1) is 17.9. The summed E-state index contributed by atoms with van der Waals surface area (Å²) in [5.74, 6) is 0.856. The molecule has 0 saturated carbocycles. The van der Waals surface area contributed by atoms with Crippen LogP contribution in [0.5, 0.6) is 0 Å². The van der Waals surface area contributed by atoms with Gasteiger partial charge in [-0.05, 0) is 38.6 Å². The summed E-state index contributed by atoms with van der Waals surface area (Å²) in [6.45, 7) is 3.94. The number of benzene rings is 1. The molecule has 7 heteroatoms. The molecule has 2 aromatic heterocycles. The molecule has 0 fully saturated rings. The van der Waals surface area contributed by atoms with Crippen LogP contribution < -0.4 is 10.6 Å². The third-order valence-corrected chi connectivity index (χ3v) is 4.46. The minimum absolute atomic E-state index is 0.0810. The van der Waals surface area contributed by atoms with Gasteiger partial charge in [0.25, 0.3) is 0 Å². The second kappa shape index (κ2) is 7.53. The number of likely N-dealkylation sites (N-methyl/N-ethyl adjacent to an activating group) is 1. The molecule has 0 radical (unpaired) electrons. The van der Waals surface area contributed by atoms with E-state index in [0.717, 1.165) is 22.6 Å². The maximum atomic E-state index is 12.6. The van der Waals surface area contributed by atoms with Crippen LogP contribution in [0.25, 0.3) is 5.69 Å². The van der Waals surface area contributed by atoms with E-state index in [1.165, 1.54) is 0 Å². The van der Waals surface area contributed by atoms with E-state index in [1.54, 1.807) is 24.1 Å². The van der Waals surface area contributed by atoms with E-state index in [0.29, 0.717) is 0 Å². The summed E-state index contributed by atoms with van der Waals surface area (Å²) >= 11 is 0. The Kier molecular flexibility index (Phi) is 5.18. The number of aromatic nitrogens is 4. The number of imidazole rings is 1. The van der Waals surface area contributed by atoms with Gasteiger partial charge in [-0.2, -0.15) is 5.10 Å². The molecule has 3 aromatic rings. The van der Waals surface area contributed by atoms with E-state index in [9.17, 15) is 4.79 Å². The Hall–Kier alpha value is -2.93. The maximum Gasteiger partial charge on any atom is 0.242 e. The molecule has 7 nitrogen and oxygen atoms in total. The Labute approximate surface area is 153 Å². The van der Waals surface area contributed by atoms with Crippen molar-refractivity contribution >= 4 is 5.91 Å². The van der Waals surface area contributed by atoms with Crippen molar-refractivity contribution in [2.24, 2.45) is 7.05 Å². The summed E-state index contributed by atoms with van der Waals surface area (Å²) < 4.78 is 3.71. The molecule has 1 aromatic carbocycles. The minimum atomic E-state index is -0.431. The van der Waals surface area contributed by atoms with Gasteiger partial charge in [-0.15, -0.1) is 0 Å². The van der Waals surface area contributed by atoms with Crippen molar-refractivity contribution in [1.29, 1.82) is 0 Å². The maximum absolute atomic E-state index is 12.6. The van der Waals surface area contributed by atoms with Crippen LogP contribution in [0.1, 0.15) is 36.0 Å². The van der Waals surface area contributed by atoms with Gasteiger partial charge in [0.15, 0.2) is 0 Å². The number of amides is 1. The molecule has 2 N–H and O–H groups in total. The standard InChI is InChI=1S/C19H24N6O/c1-13(23-19(26)18(20-3)16-11-22-24(4)12-16)15-5-7-17(8-6-15)25-10-9-21-14(25)2/h5-13,18,20H,1-4H3,(H,23,26). The molecule has 26 heavy (non-hydrogen) atoms. The lowest BCUT2D eigenvalue weighted by atomic mass is 10.1. The van der Waals surface area contributed by atoms with Gasteiger partial charge < -0.3 is 15.2 Å². The topological polar surface area (TPSA) is 76.8 Å². The van der Waals surface area contributed by atoms with Crippen LogP contribution in [0.3, 0.4) is 0 Å². The number of nitrogens with one attached hydrogen (secondary N) is 2. The number of carbonyl (C=O) groups excluding carboxylic acids is 1. The molecule has 0 aliphatic carbocycles. The summed E-state index contributed by atoms with van der Waals surface area (Å²) in [7, 11) is 3.60. The smallest absolute Gasteiger partial charge is 0.242 e. The van der Waals surface area contributed by atoms with E-state index in [2.05, 4.69) is 20.7 Å². The molecule has 2 atom stereocenters. The molecule has 1 amide bonds. The van der Waals surface area contributed by atoms with Crippen molar-refractivity contribution in [3.05, 3.63) is 66.0 Å². The molecule has 0 bridgehead atoms. The summed E-state index contributed by atoms with van der Waals surface area (Å²) in [6, 6.07) is 7.58. The Morgan fingerprint density at radius 3 is 2.46 bits per heavy atom. The normalized spacial score (nSPS) is 13.4. The first-order valence-corrected chi connectivity index (χ1v) is 8.56. The van der Waals surface area contributed by atoms with Crippen LogP contribution >= 0.6 is 0 Å². The Bertz CT molecular complexity index is 880. The number of hydrogen-bond donors (Lipinski definition) is 2. The van der Waals surface area contributed by atoms with Crippen LogP contribution in [0.2, 0.25) is 0 Å². The summed E-state index contributed by atoms with van der Waals surface area (Å²) in [5.41, 5.74) is 2.93. The van der Waals surface area contributed by atoms with Crippen molar-refractivity contribution < 1.29 is 4.79 Å². The summed E-state index contributed by atoms with van der Waals surface area (Å²) in [5, 5.41) is 10.2. The zero-order chi connectivity index (χ0) is 18.7. The predicted molar refractivity (Wildman–Crippen MR) is 99.9 cm³/mol. The fourth-order valence-corrected chi connectivity index (χ4v) is 2.99. The van der Waals surface area contributed by atoms with E-state index in [4.69, 9.17) is 0 Å². The van der Waals surface area contributed by atoms with Crippen molar-refractivity contribution in [3.63, 3.8) is 0 Å². The molecule has 0 spiro atoms. The Morgan fingerprint density at radius 2 is 1.92 bits per heavy atom. The molecule has 2 heterocycles. The lowest BCUT2D eigenvalue weighted by Crippen LogP contribution is -2.37. The number of aryl methyl sites for hydroxylation is 2. The van der Waals surface area contributed by atoms with Crippen LogP contribution in [0, 0.1) is 6.92 Å². The number of carbonyl (C=O) groups is 1. The van der Waals surface area contributed by atoms with Crippen LogP contribution in [-0.4, -0.2) is 32.3 Å². The highest BCUT2D eigenvalue weighted by atomic mass is 16.2. The van der Waals surface area contributed by atoms with Crippen molar-refractivity contribution in [1.82, 2.24) is 30.0 Å². The van der Waals surface area contributed by atoms with E-state index in [1.807, 2.05) is 62.1 Å². The molecule has 3 rings (SSSR count). The van der Waals surface area contributed by atoms with Crippen molar-refractivity contribution in [3.8, 4) is 5.69 Å². The first-order chi connectivity index (χ1) is 12.5. The molecule has 136 valence electrons. The fraction of sp³-hybridized carbons (Fsp3) is 0.316. The Morgan fingerprint density at radius 1 is 1.19 bits per heavy atom. The first-order valence-electron chi connectivity index (χ1n) is 8.56. The third-order valence-electron chi connectivity index (χ3n) is 4.46. The molecular formula is C19H24N6O. The zero-order valence-corrected chi connectivity index (χ0v) is 15.5. The quantitative estimate of drug-likeness (QED) is 0.712. The minimum Gasteiger partial charge on any atom is -0.348 e. The van der Waals surface area contributed by atoms with Crippen LogP contribution in [-0.2, 0) is 11.8 Å². The number of hydrogen-bond acceptors (Lipinski definition) is 4. The van der Waals surface area contributed by atoms with Crippen molar-refractivity contribution in [2.75, 3.05) is 7.05 Å². The molecule has 0 aliphatic rings. The SMILES string of the molecule is CNC(C(=O)NC(C)c1ccc(-n2ccnc2C)cc1)c1cnn(C)c1. The van der Waals surface area contributed by atoms with Gasteiger partial charge in [0.2, 0.25) is 5.91 Å². The molecular weight excluding hydrogens is 328 g/mol. The summed E-state index contributed by atoms with van der Waals surface area (Å²) in [6.07, 6.45) is 7.25. The number of nitrogens with zero attached hydrogens (tertiary/aromatic N) is 4. The van der Waals surface area contributed by atoms with Crippen LogP contribution in [0.4, 0.5) is 0 Å². The molecule has 2 unspecified atom stereocenters. The van der Waals surface area contributed by atoms with E-state index < -0.39 is 6.04 Å². The molecule has 0 aliphatic heterocycles. The van der Waals surface area contributed by atoms with E-state index in [-0.39, 0.29) is 11.9 Å². The lowest BCUT2D eigenvalue weighted by molar-refractivity contribution is -0.123. The average Bonchev–Trinajstić information content (AvgIpc) is 3.24. The van der Waals surface area contributed by atoms with Gasteiger partial charge in [0.05, 0.1) is 12.2 Å². The zero-order valence-electron chi connectivity index (χ0n) is 15.5. The summed E-state index contributed by atoms with van der Waals surface area (Å²) in [4.78, 5) is 16.9. The number of rotatable bonds is 6. The molecule has 0 saturated heterocycles. The third kappa shape index (κ3) is 3.67. The van der Waals surface area contributed by atoms with Gasteiger partial charge in [-0.25, -0.2) is 4.98 Å². The fourth-order valence-electron chi connectivity index (χ4n) is 2.99. The largest absolute Gasteiger partial charge is 0.348 e. The lowest BCUT2D eigenvalue weighted by Gasteiger charge is -2.20. The second-order valence-corrected chi connectivity index (χ2v) is 6.34. The van der Waals surface area contributed by atoms with Crippen molar-refractivity contribution in [2.45, 2.75) is 25.9 Å². The highest BCUT2D eigenvalue weighted by molar-refractivity contribution is 5.83. The van der Waals surface area contributed by atoms with Gasteiger partial charge in [0, 0.05) is 36.9 Å². The second-order valence-electron chi connectivity index (χ2n) is 6.34. The van der Waals surface area contributed by atoms with Gasteiger partial charge in [0.1, 0.15) is 11.9 Å². The highest BCUT2D eigenvalue weighted by Crippen LogP contribution is 2.18. The van der Waals surface area contributed by atoms with Gasteiger partial charge in [-0.1, -0.05) is 12.1 Å². The van der Waals surface area contributed by atoms with Crippen LogP contribution in [0.15, 0.2) is 49.1 Å². The predicted octanol–water partition coefficient (Wildman–Crippen LogP) is 2.05.